The van der Waals surface area contributed by atoms with E-state index >= 15 is 0 Å². The normalized spacial score (nSPS) is 26.0. The number of nitrogens with one attached hydrogen (secondary N) is 1. The van der Waals surface area contributed by atoms with Crippen LogP contribution in [0.5, 0.6) is 5.75 Å². The van der Waals surface area contributed by atoms with Crippen molar-refractivity contribution in [2.45, 2.75) is 51.8 Å². The quantitative estimate of drug-likeness (QED) is 0.196. The lowest BCUT2D eigenvalue weighted by Crippen LogP contribution is -2.63. The maximum atomic E-state index is 13.9. The molecule has 1 aromatic carbocycles. The Hall–Kier alpha value is -3.94. The van der Waals surface area contributed by atoms with Crippen molar-refractivity contribution in [2.24, 2.45) is 28.7 Å². The first-order chi connectivity index (χ1) is 18.9. The molecule has 0 saturated carbocycles. The Balaban J connectivity index is 1.85. The van der Waals surface area contributed by atoms with E-state index in [0.29, 0.717) is 11.1 Å². The van der Waals surface area contributed by atoms with Crippen LogP contribution in [-0.4, -0.2) is 81.2 Å². The molecule has 0 aliphatic heterocycles. The van der Waals surface area contributed by atoms with Crippen LogP contribution in [0.2, 0.25) is 0 Å². The van der Waals surface area contributed by atoms with E-state index in [1.54, 1.807) is 14.1 Å². The first-order valence-corrected chi connectivity index (χ1v) is 13.1. The number of amides is 2. The molecule has 0 heterocycles. The first-order valence-electron chi connectivity index (χ1n) is 13.1. The lowest BCUT2D eigenvalue weighted by molar-refractivity contribution is -0.148. The molecule has 2 amide bonds. The zero-order valence-electron chi connectivity index (χ0n) is 23.6. The van der Waals surface area contributed by atoms with Crippen LogP contribution in [0.1, 0.15) is 48.7 Å². The number of aliphatic hydroxyl groups is 3. The summed E-state index contributed by atoms with van der Waals surface area (Å²) in [4.78, 5) is 53.3. The number of anilines is 1. The molecular formula is C28H36N4O9. The Labute approximate surface area is 236 Å². The third kappa shape index (κ3) is 4.73. The number of rotatable bonds is 5. The van der Waals surface area contributed by atoms with E-state index in [2.05, 4.69) is 5.32 Å². The molecule has 0 spiro atoms. The number of fused-ring (bicyclic) bond motifs is 3. The molecule has 3 aliphatic rings. The molecule has 3 aliphatic carbocycles. The van der Waals surface area contributed by atoms with Gasteiger partial charge in [-0.25, -0.2) is 4.79 Å². The predicted molar refractivity (Wildman–Crippen MR) is 146 cm³/mol. The molecule has 0 unspecified atom stereocenters. The summed E-state index contributed by atoms with van der Waals surface area (Å²) >= 11 is 0. The van der Waals surface area contributed by atoms with Crippen molar-refractivity contribution in [3.8, 4) is 5.75 Å². The van der Waals surface area contributed by atoms with Gasteiger partial charge in [-0.15, -0.1) is 0 Å². The summed E-state index contributed by atoms with van der Waals surface area (Å²) in [5.74, 6) is -7.59. The molecule has 41 heavy (non-hydrogen) atoms. The number of benzene rings is 1. The number of primary amides is 1. The highest BCUT2D eigenvalue weighted by Gasteiger charge is 2.63. The fourth-order valence-electron chi connectivity index (χ4n) is 6.10. The smallest absolute Gasteiger partial charge is 0.411 e. The Morgan fingerprint density at radius 3 is 2.37 bits per heavy atom. The van der Waals surface area contributed by atoms with Gasteiger partial charge in [0.1, 0.15) is 17.1 Å². The van der Waals surface area contributed by atoms with Crippen molar-refractivity contribution in [3.05, 3.63) is 45.4 Å². The maximum absolute atomic E-state index is 13.9. The topological polar surface area (TPSA) is 226 Å². The van der Waals surface area contributed by atoms with E-state index in [1.165, 1.54) is 11.0 Å². The minimum Gasteiger partial charge on any atom is -0.510 e. The molecule has 13 nitrogen and oxygen atoms in total. The van der Waals surface area contributed by atoms with Gasteiger partial charge in [0, 0.05) is 18.0 Å². The van der Waals surface area contributed by atoms with Crippen LogP contribution in [-0.2, 0) is 27.3 Å². The lowest BCUT2D eigenvalue weighted by Gasteiger charge is -2.50. The van der Waals surface area contributed by atoms with Gasteiger partial charge < -0.3 is 36.6 Å². The Morgan fingerprint density at radius 2 is 1.83 bits per heavy atom. The van der Waals surface area contributed by atoms with Crippen molar-refractivity contribution >= 4 is 29.3 Å². The fourth-order valence-corrected chi connectivity index (χ4v) is 6.10. The van der Waals surface area contributed by atoms with Crippen LogP contribution >= 0.6 is 0 Å². The summed E-state index contributed by atoms with van der Waals surface area (Å²) in [6, 6.07) is 0.349. The summed E-state index contributed by atoms with van der Waals surface area (Å²) in [6.07, 6.45) is -0.830. The monoisotopic (exact) mass is 572 g/mol. The predicted octanol–water partition coefficient (Wildman–Crippen LogP) is 1.17. The van der Waals surface area contributed by atoms with Crippen molar-refractivity contribution in [1.29, 1.82) is 0 Å². The van der Waals surface area contributed by atoms with Gasteiger partial charge in [0.05, 0.1) is 23.9 Å². The number of carbonyl (C=O) groups is 4. The SMILES string of the molecule is CN(C)[C@@H]1C(O)=C(C(N)=O)C(=O)[C@@]2(O)C(O)=C3C(=O)c4c(O)c(NC(=O)OCC(C)(C)C)cc(CN)c4C[C@H]3C[C@@H]12. The Morgan fingerprint density at radius 1 is 1.20 bits per heavy atom. The molecule has 13 heteroatoms. The Kier molecular flexibility index (Phi) is 7.44. The van der Waals surface area contributed by atoms with Crippen LogP contribution in [0.4, 0.5) is 10.5 Å². The summed E-state index contributed by atoms with van der Waals surface area (Å²) in [6.45, 7) is 5.61. The number of Topliss-reactive ketones (excluding diaryl/α,β-unsaturated/α-hetero) is 2. The lowest BCUT2D eigenvalue weighted by atomic mass is 9.58. The van der Waals surface area contributed by atoms with Crippen molar-refractivity contribution < 1.29 is 44.3 Å². The summed E-state index contributed by atoms with van der Waals surface area (Å²) in [5.41, 5.74) is 7.50. The summed E-state index contributed by atoms with van der Waals surface area (Å²) < 4.78 is 5.20. The minimum atomic E-state index is -2.75. The second-order valence-electron chi connectivity index (χ2n) is 12.2. The Bertz CT molecular complexity index is 1420. The van der Waals surface area contributed by atoms with Gasteiger partial charge in [0.15, 0.2) is 17.1 Å². The van der Waals surface area contributed by atoms with Crippen LogP contribution in [0, 0.1) is 17.3 Å². The van der Waals surface area contributed by atoms with E-state index in [1.807, 2.05) is 20.8 Å². The highest BCUT2D eigenvalue weighted by atomic mass is 16.5. The highest BCUT2D eigenvalue weighted by molar-refractivity contribution is 6.25. The number of nitrogens with two attached hydrogens (primary N) is 2. The number of phenols is 1. The molecule has 0 fully saturated rings. The average molecular weight is 573 g/mol. The molecule has 0 bridgehead atoms. The number of hydrogen-bond donors (Lipinski definition) is 7. The average Bonchev–Trinajstić information content (AvgIpc) is 2.85. The van der Waals surface area contributed by atoms with Crippen LogP contribution in [0.15, 0.2) is 28.7 Å². The van der Waals surface area contributed by atoms with Gasteiger partial charge in [0.25, 0.3) is 5.91 Å². The fraction of sp³-hybridized carbons (Fsp3) is 0.500. The maximum Gasteiger partial charge on any atom is 0.411 e. The number of phenolic OH excluding ortho intramolecular Hbond substituents is 1. The van der Waals surface area contributed by atoms with Gasteiger partial charge in [-0.1, -0.05) is 20.8 Å². The van der Waals surface area contributed by atoms with E-state index in [0.717, 1.165) is 0 Å². The van der Waals surface area contributed by atoms with Gasteiger partial charge in [-0.2, -0.15) is 0 Å². The number of allylic oxidation sites excluding steroid dienone is 1. The van der Waals surface area contributed by atoms with Gasteiger partial charge in [0.2, 0.25) is 5.78 Å². The van der Waals surface area contributed by atoms with Crippen molar-refractivity contribution in [3.63, 3.8) is 0 Å². The number of carbonyl (C=O) groups excluding carboxylic acids is 4. The largest absolute Gasteiger partial charge is 0.510 e. The number of hydrogen-bond acceptors (Lipinski definition) is 11. The van der Waals surface area contributed by atoms with Crippen LogP contribution in [0.25, 0.3) is 0 Å². The molecule has 1 aromatic rings. The van der Waals surface area contributed by atoms with Gasteiger partial charge in [-0.05, 0) is 55.5 Å². The first kappa shape index (κ1) is 30.0. The number of ether oxygens (including phenoxy) is 1. The van der Waals surface area contributed by atoms with Gasteiger partial charge in [-0.3, -0.25) is 24.6 Å². The molecular weight excluding hydrogens is 536 g/mol. The highest BCUT2D eigenvalue weighted by Crippen LogP contribution is 2.53. The minimum absolute atomic E-state index is 0.0460. The number of likely N-dealkylation sites (N-methyl/N-ethyl adjacent to an activating group) is 1. The molecule has 4 rings (SSSR count). The zero-order chi connectivity index (χ0) is 30.8. The molecule has 4 atom stereocenters. The second-order valence-corrected chi connectivity index (χ2v) is 12.2. The van der Waals surface area contributed by atoms with Gasteiger partial charge >= 0.3 is 6.09 Å². The van der Waals surface area contributed by atoms with E-state index < -0.39 is 69.9 Å². The molecule has 0 saturated heterocycles. The summed E-state index contributed by atoms with van der Waals surface area (Å²) in [7, 11) is 3.11. The molecule has 0 radical (unpaired) electrons. The van der Waals surface area contributed by atoms with Crippen LogP contribution in [0.3, 0.4) is 0 Å². The number of ketones is 2. The van der Waals surface area contributed by atoms with E-state index in [-0.39, 0.29) is 48.2 Å². The molecule has 9 N–H and O–H groups in total. The molecule has 222 valence electrons. The van der Waals surface area contributed by atoms with E-state index in [9.17, 15) is 39.6 Å². The van der Waals surface area contributed by atoms with E-state index in [4.69, 9.17) is 16.2 Å². The second kappa shape index (κ2) is 10.2. The third-order valence-electron chi connectivity index (χ3n) is 7.91. The van der Waals surface area contributed by atoms with Crippen LogP contribution < -0.4 is 16.8 Å². The number of aliphatic hydroxyl groups excluding tert-OH is 2. The number of nitrogens with zero attached hydrogens (tertiary/aromatic N) is 1. The number of aromatic hydroxyl groups is 1. The van der Waals surface area contributed by atoms with Crippen molar-refractivity contribution in [1.82, 2.24) is 4.90 Å². The standard InChI is InChI=1S/C28H36N4O9/c1-27(2,3)10-41-26(39)31-15-8-12(9-29)13-6-11-7-14-19(32(4)5)22(35)18(25(30)38)24(37)28(14,40)23(36)16(11)21(34)17(13)20(15)33/h8,11,14,19,33,35-36,40H,6-7,9-10,29H2,1-5H3,(H2,30,38)(H,31,39)/t11-,14-,19-,28-/m0/s1. The summed E-state index contributed by atoms with van der Waals surface area (Å²) in [5, 5.41) is 47.5. The molecule has 0 aromatic heterocycles. The van der Waals surface area contributed by atoms with Crippen molar-refractivity contribution in [2.75, 3.05) is 26.0 Å². The zero-order valence-corrected chi connectivity index (χ0v) is 23.6. The third-order valence-corrected chi connectivity index (χ3v) is 7.91.